The third-order valence-corrected chi connectivity index (χ3v) is 5.65. The van der Waals surface area contributed by atoms with Gasteiger partial charge in [0.25, 0.3) is 0 Å². The summed E-state index contributed by atoms with van der Waals surface area (Å²) in [5.41, 5.74) is 0.847. The van der Waals surface area contributed by atoms with Gasteiger partial charge in [-0.05, 0) is 36.4 Å². The molecular weight excluding hydrogens is 304 g/mol. The van der Waals surface area contributed by atoms with Gasteiger partial charge < -0.3 is 0 Å². The van der Waals surface area contributed by atoms with E-state index < -0.39 is 9.73 Å². The highest BCUT2D eigenvalue weighted by atomic mass is 32.2. The van der Waals surface area contributed by atoms with Crippen LogP contribution < -0.4 is 0 Å². The number of hydrogen-bond acceptors (Lipinski definition) is 3. The Bertz CT molecular complexity index is 922. The molecular formula is C19H14N2OS. The Morgan fingerprint density at radius 2 is 1.22 bits per heavy atom. The van der Waals surface area contributed by atoms with Crippen LogP contribution in [-0.4, -0.2) is 4.21 Å². The van der Waals surface area contributed by atoms with Crippen LogP contribution in [0.4, 0.5) is 5.69 Å². The Hall–Kier alpha value is -2.90. The Kier molecular flexibility index (Phi) is 4.22. The minimum Gasteiger partial charge on any atom is -0.239 e. The smallest absolute Gasteiger partial charge is 0.109 e. The molecule has 0 spiro atoms. The fourth-order valence-corrected chi connectivity index (χ4v) is 4.21. The van der Waals surface area contributed by atoms with Gasteiger partial charge in [-0.1, -0.05) is 48.5 Å². The summed E-state index contributed by atoms with van der Waals surface area (Å²) < 4.78 is 18.3. The van der Waals surface area contributed by atoms with E-state index in [1.807, 2.05) is 36.4 Å². The van der Waals surface area contributed by atoms with Crippen molar-refractivity contribution in [3.63, 3.8) is 0 Å². The molecule has 0 atom stereocenters. The summed E-state index contributed by atoms with van der Waals surface area (Å²) in [5, 5.41) is 9.25. The molecule has 0 aliphatic carbocycles. The molecule has 23 heavy (non-hydrogen) atoms. The maximum Gasteiger partial charge on any atom is 0.109 e. The third-order valence-electron chi connectivity index (χ3n) is 3.38. The number of rotatable bonds is 3. The highest BCUT2D eigenvalue weighted by Gasteiger charge is 2.16. The van der Waals surface area contributed by atoms with Gasteiger partial charge in [0.15, 0.2) is 0 Å². The van der Waals surface area contributed by atoms with E-state index in [0.29, 0.717) is 21.0 Å². The zero-order chi connectivity index (χ0) is 16.1. The third kappa shape index (κ3) is 3.01. The van der Waals surface area contributed by atoms with Crippen LogP contribution in [0.2, 0.25) is 0 Å². The van der Waals surface area contributed by atoms with Gasteiger partial charge in [0, 0.05) is 0 Å². The van der Waals surface area contributed by atoms with E-state index in [-0.39, 0.29) is 0 Å². The second-order valence-corrected chi connectivity index (χ2v) is 7.05. The van der Waals surface area contributed by atoms with Crippen LogP contribution in [0, 0.1) is 11.3 Å². The van der Waals surface area contributed by atoms with Crippen molar-refractivity contribution in [1.29, 1.82) is 5.26 Å². The fraction of sp³-hybridized carbons (Fsp3) is 0. The monoisotopic (exact) mass is 318 g/mol. The number of nitrogens with zero attached hydrogens (tertiary/aromatic N) is 2. The normalized spacial score (nSPS) is 10.7. The minimum atomic E-state index is -2.86. The van der Waals surface area contributed by atoms with Crippen molar-refractivity contribution >= 4 is 15.4 Å². The summed E-state index contributed by atoms with van der Waals surface area (Å²) >= 11 is 0. The Labute approximate surface area is 136 Å². The van der Waals surface area contributed by atoms with E-state index in [4.69, 9.17) is 0 Å². The Balaban J connectivity index is 2.32. The molecule has 0 unspecified atom stereocenters. The van der Waals surface area contributed by atoms with Gasteiger partial charge in [-0.25, -0.2) is 4.21 Å². The zero-order valence-electron chi connectivity index (χ0n) is 12.3. The topological polar surface area (TPSA) is 53.2 Å². The lowest BCUT2D eigenvalue weighted by molar-refractivity contribution is 0.676. The van der Waals surface area contributed by atoms with E-state index in [1.165, 1.54) is 0 Å². The van der Waals surface area contributed by atoms with E-state index in [1.54, 1.807) is 48.5 Å². The van der Waals surface area contributed by atoms with Crippen LogP contribution in [0.15, 0.2) is 99.1 Å². The molecule has 0 aromatic heterocycles. The average Bonchev–Trinajstić information content (AvgIpc) is 2.63. The van der Waals surface area contributed by atoms with Crippen molar-refractivity contribution in [2.75, 3.05) is 0 Å². The Morgan fingerprint density at radius 1 is 0.739 bits per heavy atom. The summed E-state index contributed by atoms with van der Waals surface area (Å²) in [6.07, 6.45) is 0. The van der Waals surface area contributed by atoms with Gasteiger partial charge in [-0.2, -0.15) is 9.62 Å². The van der Waals surface area contributed by atoms with E-state index >= 15 is 0 Å². The SMILES string of the molecule is N#Cc1ccccc1N=S(=O)(c1ccccc1)c1ccccc1. The lowest BCUT2D eigenvalue weighted by Crippen LogP contribution is -2.01. The molecule has 0 saturated carbocycles. The molecule has 0 fully saturated rings. The second kappa shape index (κ2) is 6.47. The standard InChI is InChI=1S/C19H14N2OS/c20-15-16-9-7-8-14-19(16)21-23(22,17-10-3-1-4-11-17)18-12-5-2-6-13-18/h1-14H. The molecule has 0 aliphatic heterocycles. The molecule has 0 heterocycles. The van der Waals surface area contributed by atoms with Gasteiger partial charge in [0.2, 0.25) is 0 Å². The molecule has 3 aromatic rings. The first-order chi connectivity index (χ1) is 11.2. The van der Waals surface area contributed by atoms with Crippen LogP contribution in [-0.2, 0) is 9.73 Å². The zero-order valence-corrected chi connectivity index (χ0v) is 13.1. The van der Waals surface area contributed by atoms with Gasteiger partial charge in [-0.15, -0.1) is 0 Å². The number of nitriles is 1. The lowest BCUT2D eigenvalue weighted by Gasteiger charge is -2.11. The molecule has 0 N–H and O–H groups in total. The first-order valence-corrected chi connectivity index (χ1v) is 8.62. The number of benzene rings is 3. The first kappa shape index (κ1) is 15.0. The lowest BCUT2D eigenvalue weighted by atomic mass is 10.2. The average molecular weight is 318 g/mol. The largest absolute Gasteiger partial charge is 0.239 e. The number of hydrogen-bond donors (Lipinski definition) is 0. The van der Waals surface area contributed by atoms with Gasteiger partial charge in [0.1, 0.15) is 15.8 Å². The van der Waals surface area contributed by atoms with Crippen molar-refractivity contribution in [3.05, 3.63) is 90.5 Å². The summed E-state index contributed by atoms with van der Waals surface area (Å²) in [4.78, 5) is 1.25. The maximum atomic E-state index is 13.8. The summed E-state index contributed by atoms with van der Waals surface area (Å²) in [5.74, 6) is 0. The van der Waals surface area contributed by atoms with Gasteiger partial charge in [0.05, 0.1) is 21.0 Å². The molecule has 0 aliphatic rings. The minimum absolute atomic E-state index is 0.409. The van der Waals surface area contributed by atoms with E-state index in [0.717, 1.165) is 0 Å². The Morgan fingerprint density at radius 3 is 1.74 bits per heavy atom. The molecule has 3 rings (SSSR count). The molecule has 3 nitrogen and oxygen atoms in total. The molecule has 0 amide bonds. The van der Waals surface area contributed by atoms with Crippen LogP contribution in [0.1, 0.15) is 5.56 Å². The molecule has 0 bridgehead atoms. The molecule has 3 aromatic carbocycles. The van der Waals surface area contributed by atoms with Crippen LogP contribution >= 0.6 is 0 Å². The predicted molar refractivity (Wildman–Crippen MR) is 90.8 cm³/mol. The highest BCUT2D eigenvalue weighted by Crippen LogP contribution is 2.29. The van der Waals surface area contributed by atoms with Crippen molar-refractivity contribution < 1.29 is 4.21 Å². The summed E-state index contributed by atoms with van der Waals surface area (Å²) in [7, 11) is -2.86. The van der Waals surface area contributed by atoms with Crippen LogP contribution in [0.25, 0.3) is 0 Å². The van der Waals surface area contributed by atoms with Crippen molar-refractivity contribution in [2.24, 2.45) is 4.36 Å². The quantitative estimate of drug-likeness (QED) is 0.698. The molecule has 112 valence electrons. The molecule has 0 radical (unpaired) electrons. The van der Waals surface area contributed by atoms with Gasteiger partial charge >= 0.3 is 0 Å². The molecule has 0 saturated heterocycles. The van der Waals surface area contributed by atoms with Crippen molar-refractivity contribution in [3.8, 4) is 6.07 Å². The summed E-state index contributed by atoms with van der Waals surface area (Å²) in [6, 6.07) is 27.3. The molecule has 4 heteroatoms. The van der Waals surface area contributed by atoms with Gasteiger partial charge in [-0.3, -0.25) is 0 Å². The van der Waals surface area contributed by atoms with E-state index in [2.05, 4.69) is 10.4 Å². The summed E-state index contributed by atoms with van der Waals surface area (Å²) in [6.45, 7) is 0. The van der Waals surface area contributed by atoms with Crippen molar-refractivity contribution in [2.45, 2.75) is 9.79 Å². The van der Waals surface area contributed by atoms with E-state index in [9.17, 15) is 9.47 Å². The maximum absolute atomic E-state index is 13.8. The predicted octanol–water partition coefficient (Wildman–Crippen LogP) is 4.78. The van der Waals surface area contributed by atoms with Crippen LogP contribution in [0.3, 0.4) is 0 Å². The fourth-order valence-electron chi connectivity index (χ4n) is 2.24. The second-order valence-electron chi connectivity index (χ2n) is 4.87. The van der Waals surface area contributed by atoms with Crippen molar-refractivity contribution in [1.82, 2.24) is 0 Å². The first-order valence-electron chi connectivity index (χ1n) is 7.10. The van der Waals surface area contributed by atoms with Crippen LogP contribution in [0.5, 0.6) is 0 Å². The highest BCUT2D eigenvalue weighted by molar-refractivity contribution is 7.93.